The normalized spacial score (nSPS) is 12.0. The number of alkyl halides is 3. The zero-order chi connectivity index (χ0) is 11.9. The standard InChI is InChI=1S/C10H7F3N2O/c1-5-3-2-4-6-7(5)8(16)15-9(14-6)10(11,12)13/h2-4H,1H3,(H,14,15,16). The first-order valence-electron chi connectivity index (χ1n) is 4.46. The van der Waals surface area contributed by atoms with E-state index in [-0.39, 0.29) is 10.9 Å². The zero-order valence-electron chi connectivity index (χ0n) is 8.22. The molecule has 0 spiro atoms. The van der Waals surface area contributed by atoms with Gasteiger partial charge >= 0.3 is 6.18 Å². The molecule has 0 saturated carbocycles. The maximum atomic E-state index is 12.4. The van der Waals surface area contributed by atoms with E-state index in [4.69, 9.17) is 0 Å². The maximum Gasteiger partial charge on any atom is 0.449 e. The number of rotatable bonds is 0. The molecule has 0 radical (unpaired) electrons. The second kappa shape index (κ2) is 3.33. The van der Waals surface area contributed by atoms with Gasteiger partial charge in [0.15, 0.2) is 0 Å². The van der Waals surface area contributed by atoms with E-state index >= 15 is 0 Å². The number of fused-ring (bicyclic) bond motifs is 1. The van der Waals surface area contributed by atoms with Crippen LogP contribution in [0.2, 0.25) is 0 Å². The summed E-state index contributed by atoms with van der Waals surface area (Å²) < 4.78 is 37.1. The Bertz CT molecular complexity index is 601. The number of benzene rings is 1. The van der Waals surface area contributed by atoms with Gasteiger partial charge in [0.25, 0.3) is 5.56 Å². The SMILES string of the molecule is Cc1cccc2nc(C(F)(F)F)[nH]c(=O)c12. The molecule has 1 aromatic heterocycles. The summed E-state index contributed by atoms with van der Waals surface area (Å²) in [5.41, 5.74) is -0.119. The largest absolute Gasteiger partial charge is 0.449 e. The second-order valence-electron chi connectivity index (χ2n) is 3.38. The van der Waals surface area contributed by atoms with Crippen molar-refractivity contribution in [3.05, 3.63) is 39.9 Å². The fourth-order valence-electron chi connectivity index (χ4n) is 1.49. The molecular weight excluding hydrogens is 221 g/mol. The molecule has 0 bridgehead atoms. The van der Waals surface area contributed by atoms with E-state index in [1.54, 1.807) is 24.0 Å². The lowest BCUT2D eigenvalue weighted by molar-refractivity contribution is -0.144. The van der Waals surface area contributed by atoms with E-state index in [2.05, 4.69) is 4.98 Å². The highest BCUT2D eigenvalue weighted by Gasteiger charge is 2.34. The highest BCUT2D eigenvalue weighted by atomic mass is 19.4. The molecule has 0 atom stereocenters. The quantitative estimate of drug-likeness (QED) is 0.751. The van der Waals surface area contributed by atoms with E-state index in [9.17, 15) is 18.0 Å². The van der Waals surface area contributed by atoms with Gasteiger partial charge in [0.05, 0.1) is 10.9 Å². The Balaban J connectivity index is 2.85. The summed E-state index contributed by atoms with van der Waals surface area (Å²) in [4.78, 5) is 16.6. The van der Waals surface area contributed by atoms with E-state index in [0.717, 1.165) is 0 Å². The number of nitrogens with zero attached hydrogens (tertiary/aromatic N) is 1. The number of hydrogen-bond acceptors (Lipinski definition) is 2. The van der Waals surface area contributed by atoms with Gasteiger partial charge in [-0.1, -0.05) is 12.1 Å². The molecule has 0 fully saturated rings. The number of aryl methyl sites for hydroxylation is 1. The molecule has 0 saturated heterocycles. The monoisotopic (exact) mass is 228 g/mol. The first-order valence-corrected chi connectivity index (χ1v) is 4.46. The predicted octanol–water partition coefficient (Wildman–Crippen LogP) is 2.25. The molecule has 1 N–H and O–H groups in total. The predicted molar refractivity (Wildman–Crippen MR) is 52.1 cm³/mol. The van der Waals surface area contributed by atoms with Crippen LogP contribution in [0.3, 0.4) is 0 Å². The Morgan fingerprint density at radius 3 is 2.62 bits per heavy atom. The molecule has 2 aromatic rings. The Kier molecular flexibility index (Phi) is 2.22. The van der Waals surface area contributed by atoms with Crippen LogP contribution in [0, 0.1) is 6.92 Å². The average Bonchev–Trinajstić information content (AvgIpc) is 2.15. The van der Waals surface area contributed by atoms with Crippen LogP contribution in [0.4, 0.5) is 13.2 Å². The van der Waals surface area contributed by atoms with Crippen molar-refractivity contribution in [2.75, 3.05) is 0 Å². The van der Waals surface area contributed by atoms with Gasteiger partial charge < -0.3 is 4.98 Å². The summed E-state index contributed by atoms with van der Waals surface area (Å²) in [6.45, 7) is 1.65. The Hall–Kier alpha value is -1.85. The molecule has 16 heavy (non-hydrogen) atoms. The van der Waals surface area contributed by atoms with Crippen LogP contribution in [-0.2, 0) is 6.18 Å². The Morgan fingerprint density at radius 1 is 1.31 bits per heavy atom. The summed E-state index contributed by atoms with van der Waals surface area (Å²) >= 11 is 0. The van der Waals surface area contributed by atoms with Crippen LogP contribution in [0.1, 0.15) is 11.4 Å². The van der Waals surface area contributed by atoms with E-state index in [1.165, 1.54) is 6.07 Å². The molecule has 0 unspecified atom stereocenters. The van der Waals surface area contributed by atoms with Gasteiger partial charge in [-0.15, -0.1) is 0 Å². The smallest absolute Gasteiger partial charge is 0.302 e. The third-order valence-corrected chi connectivity index (χ3v) is 2.21. The third-order valence-electron chi connectivity index (χ3n) is 2.21. The van der Waals surface area contributed by atoms with Gasteiger partial charge in [-0.05, 0) is 18.6 Å². The Morgan fingerprint density at radius 2 is 2.00 bits per heavy atom. The number of hydrogen-bond donors (Lipinski definition) is 1. The zero-order valence-corrected chi connectivity index (χ0v) is 8.22. The van der Waals surface area contributed by atoms with Crippen LogP contribution in [-0.4, -0.2) is 9.97 Å². The first kappa shape index (κ1) is 10.7. The molecule has 3 nitrogen and oxygen atoms in total. The van der Waals surface area contributed by atoms with E-state index < -0.39 is 17.6 Å². The number of halogens is 3. The van der Waals surface area contributed by atoms with Crippen molar-refractivity contribution in [3.63, 3.8) is 0 Å². The topological polar surface area (TPSA) is 45.8 Å². The molecule has 1 heterocycles. The van der Waals surface area contributed by atoms with Gasteiger partial charge in [0.2, 0.25) is 5.82 Å². The van der Waals surface area contributed by atoms with E-state index in [1.807, 2.05) is 0 Å². The van der Waals surface area contributed by atoms with Crippen molar-refractivity contribution >= 4 is 10.9 Å². The lowest BCUT2D eigenvalue weighted by Gasteiger charge is -2.07. The van der Waals surface area contributed by atoms with Crippen molar-refractivity contribution in [2.45, 2.75) is 13.1 Å². The molecule has 0 aliphatic carbocycles. The minimum atomic E-state index is -4.64. The van der Waals surface area contributed by atoms with Crippen molar-refractivity contribution in [1.82, 2.24) is 9.97 Å². The fraction of sp³-hybridized carbons (Fsp3) is 0.200. The maximum absolute atomic E-state index is 12.4. The van der Waals surface area contributed by atoms with Crippen LogP contribution in [0.15, 0.2) is 23.0 Å². The molecule has 6 heteroatoms. The minimum Gasteiger partial charge on any atom is -0.302 e. The van der Waals surface area contributed by atoms with Gasteiger partial charge in [0, 0.05) is 0 Å². The van der Waals surface area contributed by atoms with Crippen LogP contribution in [0.25, 0.3) is 10.9 Å². The van der Waals surface area contributed by atoms with Crippen LogP contribution >= 0.6 is 0 Å². The summed E-state index contributed by atoms with van der Waals surface area (Å²) in [5.74, 6) is -1.27. The number of aromatic amines is 1. The molecule has 0 amide bonds. The lowest BCUT2D eigenvalue weighted by Crippen LogP contribution is -2.19. The van der Waals surface area contributed by atoms with Crippen molar-refractivity contribution in [3.8, 4) is 0 Å². The third kappa shape index (κ3) is 1.66. The minimum absolute atomic E-state index is 0.0519. The molecular formula is C10H7F3N2O. The van der Waals surface area contributed by atoms with Crippen molar-refractivity contribution < 1.29 is 13.2 Å². The second-order valence-corrected chi connectivity index (χ2v) is 3.38. The average molecular weight is 228 g/mol. The summed E-state index contributed by atoms with van der Waals surface area (Å²) in [6.07, 6.45) is -4.64. The highest BCUT2D eigenvalue weighted by Crippen LogP contribution is 2.26. The molecule has 2 rings (SSSR count). The molecule has 0 aliphatic rings. The van der Waals surface area contributed by atoms with Crippen molar-refractivity contribution in [1.29, 1.82) is 0 Å². The first-order chi connectivity index (χ1) is 7.39. The molecule has 0 aliphatic heterocycles. The number of aromatic nitrogens is 2. The van der Waals surface area contributed by atoms with Gasteiger partial charge in [0.1, 0.15) is 0 Å². The molecule has 84 valence electrons. The van der Waals surface area contributed by atoms with E-state index in [0.29, 0.717) is 5.56 Å². The molecule has 1 aromatic carbocycles. The summed E-state index contributed by atoms with van der Waals surface area (Å²) in [7, 11) is 0. The summed E-state index contributed by atoms with van der Waals surface area (Å²) in [6, 6.07) is 4.59. The number of nitrogens with one attached hydrogen (secondary N) is 1. The van der Waals surface area contributed by atoms with Crippen LogP contribution < -0.4 is 5.56 Å². The Labute approximate surface area is 87.9 Å². The van der Waals surface area contributed by atoms with Crippen molar-refractivity contribution in [2.24, 2.45) is 0 Å². The highest BCUT2D eigenvalue weighted by molar-refractivity contribution is 5.80. The van der Waals surface area contributed by atoms with Crippen LogP contribution in [0.5, 0.6) is 0 Å². The summed E-state index contributed by atoms with van der Waals surface area (Å²) in [5, 5.41) is 0.190. The van der Waals surface area contributed by atoms with Gasteiger partial charge in [-0.3, -0.25) is 4.79 Å². The lowest BCUT2D eigenvalue weighted by atomic mass is 10.1. The van der Waals surface area contributed by atoms with Gasteiger partial charge in [-0.2, -0.15) is 13.2 Å². The number of H-pyrrole nitrogens is 1. The van der Waals surface area contributed by atoms with Gasteiger partial charge in [-0.25, -0.2) is 4.98 Å². The fourth-order valence-corrected chi connectivity index (χ4v) is 1.49.